The third-order valence-corrected chi connectivity index (χ3v) is 5.02. The molecule has 1 fully saturated rings. The number of carboxylic acid groups (broad SMARTS) is 1. The summed E-state index contributed by atoms with van der Waals surface area (Å²) in [5.41, 5.74) is 1.07. The number of hydrogen-bond donors (Lipinski definition) is 2. The minimum Gasteiger partial charge on any atom is -0.486 e. The van der Waals surface area contributed by atoms with E-state index in [1.807, 2.05) is 45.9 Å². The van der Waals surface area contributed by atoms with Crippen LogP contribution in [0.5, 0.6) is 5.75 Å². The lowest BCUT2D eigenvalue weighted by atomic mass is 9.79. The van der Waals surface area contributed by atoms with E-state index in [2.05, 4.69) is 5.32 Å². The van der Waals surface area contributed by atoms with Gasteiger partial charge in [0, 0.05) is 6.42 Å². The molecule has 2 heterocycles. The van der Waals surface area contributed by atoms with Gasteiger partial charge in [0.05, 0.1) is 23.4 Å². The molecule has 0 saturated carbocycles. The van der Waals surface area contributed by atoms with Crippen LogP contribution in [-0.2, 0) is 14.1 Å². The van der Waals surface area contributed by atoms with Crippen molar-refractivity contribution in [1.29, 1.82) is 0 Å². The zero-order chi connectivity index (χ0) is 17.5. The van der Waals surface area contributed by atoms with Crippen LogP contribution in [0.3, 0.4) is 0 Å². The molecule has 1 aromatic rings. The Labute approximate surface area is 142 Å². The number of anilines is 1. The van der Waals surface area contributed by atoms with Crippen molar-refractivity contribution < 1.29 is 23.9 Å². The van der Waals surface area contributed by atoms with Crippen molar-refractivity contribution in [1.82, 2.24) is 0 Å². The minimum atomic E-state index is -0.805. The third-order valence-electron chi connectivity index (χ3n) is 5.02. The van der Waals surface area contributed by atoms with Crippen molar-refractivity contribution >= 4 is 24.2 Å². The molecule has 1 aromatic carbocycles. The Morgan fingerprint density at radius 2 is 1.96 bits per heavy atom. The van der Waals surface area contributed by atoms with Crippen LogP contribution in [0.25, 0.3) is 0 Å². The summed E-state index contributed by atoms with van der Waals surface area (Å²) in [5.74, 6) is -0.0718. The number of benzene rings is 1. The molecule has 1 atom stereocenters. The normalized spacial score (nSPS) is 24.0. The van der Waals surface area contributed by atoms with Gasteiger partial charge in [-0.2, -0.15) is 0 Å². The Morgan fingerprint density at radius 1 is 1.29 bits per heavy atom. The second-order valence-corrected chi connectivity index (χ2v) is 7.40. The average molecular weight is 333 g/mol. The molecule has 0 spiro atoms. The Morgan fingerprint density at radius 3 is 2.58 bits per heavy atom. The summed E-state index contributed by atoms with van der Waals surface area (Å²) in [6.45, 7) is 8.70. The Balaban J connectivity index is 1.71. The molecule has 7 heteroatoms. The Bertz CT molecular complexity index is 630. The Hall–Kier alpha value is -1.73. The molecule has 6 nitrogen and oxygen atoms in total. The smallest absolute Gasteiger partial charge is 0.486 e. The highest BCUT2D eigenvalue weighted by Gasteiger charge is 2.51. The van der Waals surface area contributed by atoms with Crippen LogP contribution in [0.2, 0.25) is 0 Å². The van der Waals surface area contributed by atoms with Gasteiger partial charge in [-0.15, -0.1) is 0 Å². The first-order valence-corrected chi connectivity index (χ1v) is 8.30. The van der Waals surface area contributed by atoms with Crippen molar-refractivity contribution in [3.8, 4) is 5.75 Å². The lowest BCUT2D eigenvalue weighted by molar-refractivity contribution is -0.137. The number of aliphatic carboxylic acids is 1. The third kappa shape index (κ3) is 3.23. The van der Waals surface area contributed by atoms with Crippen LogP contribution in [0.15, 0.2) is 18.2 Å². The predicted octanol–water partition coefficient (Wildman–Crippen LogP) is 2.02. The summed E-state index contributed by atoms with van der Waals surface area (Å²) in [4.78, 5) is 10.7. The topological polar surface area (TPSA) is 77.0 Å². The summed E-state index contributed by atoms with van der Waals surface area (Å²) in [6.07, 6.45) is 0.463. The summed E-state index contributed by atoms with van der Waals surface area (Å²) in [6, 6.07) is 5.79. The molecule has 2 N–H and O–H groups in total. The van der Waals surface area contributed by atoms with Gasteiger partial charge >= 0.3 is 13.1 Å². The molecular weight excluding hydrogens is 309 g/mol. The van der Waals surface area contributed by atoms with E-state index in [0.29, 0.717) is 13.0 Å². The lowest BCUT2D eigenvalue weighted by Gasteiger charge is -2.32. The molecule has 2 aliphatic heterocycles. The van der Waals surface area contributed by atoms with E-state index in [4.69, 9.17) is 19.2 Å². The maximum Gasteiger partial charge on any atom is 0.494 e. The predicted molar refractivity (Wildman–Crippen MR) is 91.9 cm³/mol. The molecule has 0 amide bonds. The highest BCUT2D eigenvalue weighted by Crippen LogP contribution is 2.37. The second-order valence-electron chi connectivity index (χ2n) is 7.40. The first kappa shape index (κ1) is 17.1. The van der Waals surface area contributed by atoms with E-state index in [9.17, 15) is 4.79 Å². The van der Waals surface area contributed by atoms with Crippen LogP contribution in [0.4, 0.5) is 5.69 Å². The van der Waals surface area contributed by atoms with Gasteiger partial charge in [0.2, 0.25) is 0 Å². The molecule has 3 rings (SSSR count). The average Bonchev–Trinajstić information content (AvgIpc) is 2.72. The van der Waals surface area contributed by atoms with Crippen LogP contribution in [-0.4, -0.2) is 42.0 Å². The molecule has 24 heavy (non-hydrogen) atoms. The standard InChI is InChI=1S/C17H24BNO5/c1-16(2)17(3,4)24-18(23-16)11-5-7-14-13(9-11)19-10-12(22-14)6-8-15(20)21/h5,7,9,12,19H,6,8,10H2,1-4H3,(H,20,21). The van der Waals surface area contributed by atoms with E-state index >= 15 is 0 Å². The van der Waals surface area contributed by atoms with Crippen LogP contribution >= 0.6 is 0 Å². The van der Waals surface area contributed by atoms with Crippen LogP contribution in [0, 0.1) is 0 Å². The number of carbonyl (C=O) groups is 1. The van der Waals surface area contributed by atoms with E-state index < -0.39 is 13.1 Å². The number of ether oxygens (including phenoxy) is 1. The highest BCUT2D eigenvalue weighted by atomic mass is 16.7. The maximum absolute atomic E-state index is 10.7. The number of carboxylic acids is 1. The number of fused-ring (bicyclic) bond motifs is 1. The number of nitrogens with one attached hydrogen (secondary N) is 1. The quantitative estimate of drug-likeness (QED) is 0.821. The second kappa shape index (κ2) is 5.97. The molecular formula is C17H24BNO5. The molecule has 130 valence electrons. The van der Waals surface area contributed by atoms with Gasteiger partial charge in [0.1, 0.15) is 11.9 Å². The largest absolute Gasteiger partial charge is 0.494 e. The summed E-state index contributed by atoms with van der Waals surface area (Å²) in [7, 11) is -0.410. The SMILES string of the molecule is CC1(C)OB(c2ccc3c(c2)NCC(CCC(=O)O)O3)OC1(C)C. The van der Waals surface area contributed by atoms with Gasteiger partial charge in [-0.05, 0) is 51.7 Å². The summed E-state index contributed by atoms with van der Waals surface area (Å²) >= 11 is 0. The van der Waals surface area contributed by atoms with E-state index in [-0.39, 0.29) is 23.7 Å². The minimum absolute atomic E-state index is 0.105. The van der Waals surface area contributed by atoms with Crippen molar-refractivity contribution in [3.63, 3.8) is 0 Å². The molecule has 2 aliphatic rings. The van der Waals surface area contributed by atoms with Crippen LogP contribution < -0.4 is 15.5 Å². The van der Waals surface area contributed by atoms with Crippen molar-refractivity contribution in [2.24, 2.45) is 0 Å². The Kier molecular flexibility index (Phi) is 4.26. The van der Waals surface area contributed by atoms with E-state index in [0.717, 1.165) is 16.9 Å². The van der Waals surface area contributed by atoms with Crippen LogP contribution in [0.1, 0.15) is 40.5 Å². The lowest BCUT2D eigenvalue weighted by Crippen LogP contribution is -2.41. The number of rotatable bonds is 4. The fourth-order valence-corrected chi connectivity index (χ4v) is 2.80. The fraction of sp³-hybridized carbons (Fsp3) is 0.588. The molecule has 0 aromatic heterocycles. The molecule has 0 radical (unpaired) electrons. The van der Waals surface area contributed by atoms with Gasteiger partial charge in [-0.1, -0.05) is 6.07 Å². The van der Waals surface area contributed by atoms with Gasteiger partial charge in [0.15, 0.2) is 0 Å². The molecule has 1 saturated heterocycles. The molecule has 0 bridgehead atoms. The van der Waals surface area contributed by atoms with Crippen molar-refractivity contribution in [2.45, 2.75) is 57.8 Å². The zero-order valence-corrected chi connectivity index (χ0v) is 14.6. The van der Waals surface area contributed by atoms with E-state index in [1.54, 1.807) is 0 Å². The highest BCUT2D eigenvalue weighted by molar-refractivity contribution is 6.62. The molecule has 0 aliphatic carbocycles. The van der Waals surface area contributed by atoms with Gasteiger partial charge in [-0.3, -0.25) is 4.79 Å². The molecule has 1 unspecified atom stereocenters. The van der Waals surface area contributed by atoms with E-state index in [1.165, 1.54) is 0 Å². The maximum atomic E-state index is 10.7. The van der Waals surface area contributed by atoms with Gasteiger partial charge in [-0.25, -0.2) is 0 Å². The zero-order valence-electron chi connectivity index (χ0n) is 14.6. The number of hydrogen-bond acceptors (Lipinski definition) is 5. The van der Waals surface area contributed by atoms with Crippen molar-refractivity contribution in [2.75, 3.05) is 11.9 Å². The summed E-state index contributed by atoms with van der Waals surface area (Å²) in [5, 5.41) is 12.1. The van der Waals surface area contributed by atoms with Gasteiger partial charge < -0.3 is 24.5 Å². The van der Waals surface area contributed by atoms with Gasteiger partial charge in [0.25, 0.3) is 0 Å². The fourth-order valence-electron chi connectivity index (χ4n) is 2.80. The van der Waals surface area contributed by atoms with Crippen molar-refractivity contribution in [3.05, 3.63) is 18.2 Å². The first-order valence-electron chi connectivity index (χ1n) is 8.30. The monoisotopic (exact) mass is 333 g/mol. The summed E-state index contributed by atoms with van der Waals surface area (Å²) < 4.78 is 18.0. The first-order chi connectivity index (χ1) is 11.2.